The van der Waals surface area contributed by atoms with Crippen molar-refractivity contribution < 1.29 is 18.1 Å². The van der Waals surface area contributed by atoms with E-state index in [1.807, 2.05) is 20.8 Å². The summed E-state index contributed by atoms with van der Waals surface area (Å²) in [5, 5.41) is 0. The molecule has 0 radical (unpaired) electrons. The van der Waals surface area contributed by atoms with Crippen molar-refractivity contribution in [1.29, 1.82) is 0 Å². The van der Waals surface area contributed by atoms with Crippen molar-refractivity contribution >= 4 is 19.3 Å². The van der Waals surface area contributed by atoms with Crippen LogP contribution in [0.15, 0.2) is 0 Å². The van der Waals surface area contributed by atoms with Gasteiger partial charge >= 0.3 is 8.80 Å². The van der Waals surface area contributed by atoms with Gasteiger partial charge in [0.05, 0.1) is 0 Å². The maximum atomic E-state index is 7.14. The molecule has 0 aliphatic rings. The molecule has 0 bridgehead atoms. The van der Waals surface area contributed by atoms with Gasteiger partial charge in [-0.05, 0) is 20.8 Å². The molecule has 0 heterocycles. The Morgan fingerprint density at radius 3 is 1.40 bits per heavy atom. The van der Waals surface area contributed by atoms with Crippen LogP contribution in [0.25, 0.3) is 0 Å². The van der Waals surface area contributed by atoms with Crippen LogP contribution in [0.4, 0.5) is 0 Å². The summed E-state index contributed by atoms with van der Waals surface area (Å²) in [6.07, 6.45) is 1.05. The molecule has 0 saturated heterocycles. The van der Waals surface area contributed by atoms with Gasteiger partial charge in [-0.15, -0.1) is 0 Å². The van der Waals surface area contributed by atoms with Crippen LogP contribution >= 0.6 is 0 Å². The first-order chi connectivity index (χ1) is 7.24. The summed E-state index contributed by atoms with van der Waals surface area (Å²) in [5.41, 5.74) is 0. The van der Waals surface area contributed by atoms with E-state index in [2.05, 4.69) is 6.92 Å². The van der Waals surface area contributed by atoms with Crippen LogP contribution < -0.4 is 0 Å². The van der Waals surface area contributed by atoms with E-state index < -0.39 is 8.80 Å². The van der Waals surface area contributed by atoms with Crippen LogP contribution in [0.5, 0.6) is 0 Å². The molecule has 0 aliphatic heterocycles. The Morgan fingerprint density at radius 2 is 1.20 bits per heavy atom. The van der Waals surface area contributed by atoms with Gasteiger partial charge in [-0.3, -0.25) is 0 Å². The first-order valence-corrected chi connectivity index (χ1v) is 8.43. The highest BCUT2D eigenvalue weighted by Crippen LogP contribution is 2.17. The molecule has 0 amide bonds. The molecule has 6 heteroatoms. The second-order valence-corrected chi connectivity index (χ2v) is 5.46. The van der Waals surface area contributed by atoms with Crippen molar-refractivity contribution in [3.8, 4) is 0 Å². The zero-order valence-electron chi connectivity index (χ0n) is 10.7. The largest absolute Gasteiger partial charge is 0.500 e. The fourth-order valence-corrected chi connectivity index (χ4v) is 3.92. The van der Waals surface area contributed by atoms with Gasteiger partial charge in [-0.2, -0.15) is 0 Å². The molecule has 0 saturated carbocycles. The predicted octanol–water partition coefficient (Wildman–Crippen LogP) is 0.704. The van der Waals surface area contributed by atoms with Gasteiger partial charge in [0.1, 0.15) is 10.5 Å². The third-order valence-corrected chi connectivity index (χ3v) is 4.95. The Labute approximate surface area is 97.8 Å². The summed E-state index contributed by atoms with van der Waals surface area (Å²) < 4.78 is 16.9. The number of hydrogen-bond acceptors (Lipinski definition) is 4. The predicted molar refractivity (Wildman–Crippen MR) is 67.9 cm³/mol. The standard InChI is InChI=1S/C9H22O3Si.H4OSi/c1-5-9-13(10-6-2,11-7-3)12-8-4;1-2/h5-9H2,1-4H3;1H,2H3. The zero-order valence-corrected chi connectivity index (χ0v) is 13.7. The molecule has 0 fully saturated rings. The van der Waals surface area contributed by atoms with Gasteiger partial charge in [0.2, 0.25) is 0 Å². The van der Waals surface area contributed by atoms with Crippen LogP contribution in [-0.4, -0.2) is 43.9 Å². The van der Waals surface area contributed by atoms with Crippen molar-refractivity contribution in [3.63, 3.8) is 0 Å². The maximum Gasteiger partial charge on any atom is 0.500 e. The number of rotatable bonds is 8. The van der Waals surface area contributed by atoms with Crippen LogP contribution in [0.1, 0.15) is 34.1 Å². The smallest absolute Gasteiger partial charge is 0.442 e. The molecule has 15 heavy (non-hydrogen) atoms. The molecule has 0 aliphatic carbocycles. The van der Waals surface area contributed by atoms with Gasteiger partial charge in [-0.1, -0.05) is 13.3 Å². The minimum absolute atomic E-state index is 0.306. The third-order valence-electron chi connectivity index (χ3n) is 1.65. The molecule has 0 unspecified atom stereocenters. The lowest BCUT2D eigenvalue weighted by Crippen LogP contribution is -2.45. The van der Waals surface area contributed by atoms with Gasteiger partial charge in [0.25, 0.3) is 0 Å². The second kappa shape index (κ2) is 12.3. The average molecular weight is 254 g/mol. The van der Waals surface area contributed by atoms with Crippen LogP contribution in [0.2, 0.25) is 6.04 Å². The summed E-state index contributed by atoms with van der Waals surface area (Å²) in [6.45, 7) is 10.1. The highest BCUT2D eigenvalue weighted by molar-refractivity contribution is 6.60. The van der Waals surface area contributed by atoms with Gasteiger partial charge < -0.3 is 18.1 Å². The molecule has 0 atom stereocenters. The summed E-state index contributed by atoms with van der Waals surface area (Å²) in [6, 6.07) is 0.919. The van der Waals surface area contributed by atoms with Gasteiger partial charge in [0.15, 0.2) is 0 Å². The fraction of sp³-hybridized carbons (Fsp3) is 1.00. The summed E-state index contributed by atoms with van der Waals surface area (Å²) >= 11 is 0. The lowest BCUT2D eigenvalue weighted by Gasteiger charge is -2.27. The van der Waals surface area contributed by atoms with E-state index in [1.165, 1.54) is 0 Å². The van der Waals surface area contributed by atoms with Crippen LogP contribution in [0.3, 0.4) is 0 Å². The molecule has 0 aromatic heterocycles. The fourth-order valence-electron chi connectivity index (χ4n) is 1.31. The monoisotopic (exact) mass is 254 g/mol. The summed E-state index contributed by atoms with van der Waals surface area (Å²) in [5.74, 6) is 0. The van der Waals surface area contributed by atoms with Crippen molar-refractivity contribution in [2.24, 2.45) is 0 Å². The Bertz CT molecular complexity index is 95.2. The van der Waals surface area contributed by atoms with Crippen LogP contribution in [0, 0.1) is 0 Å². The molecular weight excluding hydrogens is 228 g/mol. The van der Waals surface area contributed by atoms with E-state index in [-0.39, 0.29) is 0 Å². The molecule has 94 valence electrons. The first kappa shape index (κ1) is 17.7. The molecule has 0 aromatic carbocycles. The SMILES string of the molecule is CCC[Si](OCC)(OCC)OCC.O[SiH3]. The second-order valence-electron chi connectivity index (χ2n) is 2.73. The van der Waals surface area contributed by atoms with E-state index in [4.69, 9.17) is 18.1 Å². The average Bonchev–Trinajstić information content (AvgIpc) is 2.22. The van der Waals surface area contributed by atoms with Crippen LogP contribution in [-0.2, 0) is 13.3 Å². The quantitative estimate of drug-likeness (QED) is 0.648. The van der Waals surface area contributed by atoms with E-state index in [1.54, 1.807) is 0 Å². The molecule has 0 spiro atoms. The molecule has 0 aromatic rings. The normalized spacial score (nSPS) is 11.0. The Balaban J connectivity index is 0. The van der Waals surface area contributed by atoms with Crippen molar-refractivity contribution in [2.75, 3.05) is 19.8 Å². The minimum Gasteiger partial charge on any atom is -0.442 e. The first-order valence-electron chi connectivity index (χ1n) is 5.61. The van der Waals surface area contributed by atoms with E-state index >= 15 is 0 Å². The van der Waals surface area contributed by atoms with Crippen molar-refractivity contribution in [3.05, 3.63) is 0 Å². The van der Waals surface area contributed by atoms with Crippen molar-refractivity contribution in [1.82, 2.24) is 0 Å². The summed E-state index contributed by atoms with van der Waals surface area (Å²) in [7, 11) is -1.99. The van der Waals surface area contributed by atoms with E-state index in [0.717, 1.165) is 12.5 Å². The number of hydrogen-bond donors (Lipinski definition) is 1. The molecular formula is C9H26O4Si2. The zero-order chi connectivity index (χ0) is 12.2. The Kier molecular flexibility index (Phi) is 14.5. The lowest BCUT2D eigenvalue weighted by atomic mass is 10.6. The Morgan fingerprint density at radius 1 is 0.867 bits per heavy atom. The topological polar surface area (TPSA) is 47.9 Å². The van der Waals surface area contributed by atoms with E-state index in [0.29, 0.717) is 30.3 Å². The molecule has 1 N–H and O–H groups in total. The van der Waals surface area contributed by atoms with Crippen molar-refractivity contribution in [2.45, 2.75) is 40.2 Å². The lowest BCUT2D eigenvalue weighted by molar-refractivity contribution is 0.0712. The Hall–Kier alpha value is 0.274. The van der Waals surface area contributed by atoms with E-state index in [9.17, 15) is 0 Å². The maximum absolute atomic E-state index is 7.14. The third kappa shape index (κ3) is 8.12. The minimum atomic E-state index is -2.30. The highest BCUT2D eigenvalue weighted by Gasteiger charge is 2.38. The summed E-state index contributed by atoms with van der Waals surface area (Å²) in [4.78, 5) is 7.14. The van der Waals surface area contributed by atoms with Gasteiger partial charge in [0, 0.05) is 25.9 Å². The molecule has 0 rings (SSSR count). The molecule has 4 nitrogen and oxygen atoms in total. The van der Waals surface area contributed by atoms with Gasteiger partial charge in [-0.25, -0.2) is 0 Å². The highest BCUT2D eigenvalue weighted by atomic mass is 28.4.